The van der Waals surface area contributed by atoms with Gasteiger partial charge < -0.3 is 9.84 Å². The van der Waals surface area contributed by atoms with Crippen LogP contribution in [0, 0.1) is 0 Å². The van der Waals surface area contributed by atoms with Gasteiger partial charge in [-0.05, 0) is 35.4 Å². The van der Waals surface area contributed by atoms with Gasteiger partial charge in [-0.2, -0.15) is 9.78 Å². The number of pyridine rings is 1. The van der Waals surface area contributed by atoms with E-state index >= 15 is 0 Å². The van der Waals surface area contributed by atoms with E-state index in [1.54, 1.807) is 37.6 Å². The monoisotopic (exact) mass is 409 g/mol. The third kappa shape index (κ3) is 3.18. The molecule has 4 aromatic rings. The van der Waals surface area contributed by atoms with E-state index in [0.717, 1.165) is 11.1 Å². The van der Waals surface area contributed by atoms with E-state index in [2.05, 4.69) is 10.1 Å². The number of nitrogens with zero attached hydrogens (tertiary/aromatic N) is 3. The van der Waals surface area contributed by atoms with E-state index in [0.29, 0.717) is 28.4 Å². The fourth-order valence-corrected chi connectivity index (χ4v) is 3.90. The van der Waals surface area contributed by atoms with Crippen molar-refractivity contribution in [3.05, 3.63) is 96.0 Å². The first kappa shape index (κ1) is 18.8. The van der Waals surface area contributed by atoms with Gasteiger partial charge in [-0.15, -0.1) is 0 Å². The molecule has 0 saturated heterocycles. The Morgan fingerprint density at radius 1 is 0.935 bits per heavy atom. The van der Waals surface area contributed by atoms with Crippen molar-refractivity contribution in [2.24, 2.45) is 0 Å². The van der Waals surface area contributed by atoms with Crippen molar-refractivity contribution >= 4 is 11.5 Å². The van der Waals surface area contributed by atoms with Gasteiger partial charge in [0.25, 0.3) is 5.91 Å². The van der Waals surface area contributed by atoms with Gasteiger partial charge >= 0.3 is 0 Å². The highest BCUT2D eigenvalue weighted by molar-refractivity contribution is 6.22. The van der Waals surface area contributed by atoms with Gasteiger partial charge in [0, 0.05) is 18.2 Å². The Morgan fingerprint density at radius 3 is 2.35 bits per heavy atom. The number of methoxy groups -OCH3 is 1. The number of ether oxygens (including phenoxy) is 1. The first-order valence-corrected chi connectivity index (χ1v) is 9.87. The SMILES string of the molecule is COc1ccc(C2=C(O)Cc3c(-c4ccccc4)c(-c4ccccn4)nn3C2=O)cc1. The molecule has 0 unspecified atom stereocenters. The summed E-state index contributed by atoms with van der Waals surface area (Å²) in [7, 11) is 1.58. The van der Waals surface area contributed by atoms with Crippen molar-refractivity contribution in [2.45, 2.75) is 6.42 Å². The van der Waals surface area contributed by atoms with Crippen molar-refractivity contribution in [2.75, 3.05) is 7.11 Å². The van der Waals surface area contributed by atoms with Crippen LogP contribution < -0.4 is 4.74 Å². The molecule has 31 heavy (non-hydrogen) atoms. The smallest absolute Gasteiger partial charge is 0.282 e. The second-order valence-electron chi connectivity index (χ2n) is 7.20. The maximum absolute atomic E-state index is 13.4. The molecule has 0 aliphatic carbocycles. The molecule has 0 bridgehead atoms. The van der Waals surface area contributed by atoms with E-state index in [4.69, 9.17) is 4.74 Å². The lowest BCUT2D eigenvalue weighted by Crippen LogP contribution is -2.24. The molecule has 0 atom stereocenters. The fraction of sp³-hybridized carbons (Fsp3) is 0.0800. The van der Waals surface area contributed by atoms with E-state index in [1.807, 2.05) is 48.5 Å². The zero-order valence-corrected chi connectivity index (χ0v) is 16.8. The van der Waals surface area contributed by atoms with E-state index in [1.165, 1.54) is 4.68 Å². The van der Waals surface area contributed by atoms with Gasteiger partial charge in [0.2, 0.25) is 0 Å². The van der Waals surface area contributed by atoms with Gasteiger partial charge in [-0.3, -0.25) is 9.78 Å². The highest BCUT2D eigenvalue weighted by Gasteiger charge is 2.33. The third-order valence-corrected chi connectivity index (χ3v) is 5.36. The fourth-order valence-electron chi connectivity index (χ4n) is 3.90. The Kier molecular flexibility index (Phi) is 4.59. The summed E-state index contributed by atoms with van der Waals surface area (Å²) in [5.41, 5.74) is 4.49. The first-order chi connectivity index (χ1) is 15.2. The van der Waals surface area contributed by atoms with Gasteiger partial charge in [0.1, 0.15) is 17.2 Å². The second kappa shape index (κ2) is 7.57. The summed E-state index contributed by atoms with van der Waals surface area (Å²) >= 11 is 0. The third-order valence-electron chi connectivity index (χ3n) is 5.36. The number of carbonyl (C=O) groups is 1. The molecule has 152 valence electrons. The maximum Gasteiger partial charge on any atom is 0.282 e. The number of hydrogen-bond donors (Lipinski definition) is 1. The number of fused-ring (bicyclic) bond motifs is 1. The lowest BCUT2D eigenvalue weighted by atomic mass is 9.94. The first-order valence-electron chi connectivity index (χ1n) is 9.87. The summed E-state index contributed by atoms with van der Waals surface area (Å²) in [5.74, 6) is 0.325. The number of aromatic nitrogens is 3. The van der Waals surface area contributed by atoms with Crippen LogP contribution in [0.3, 0.4) is 0 Å². The normalized spacial score (nSPS) is 13.3. The highest BCUT2D eigenvalue weighted by Crippen LogP contribution is 2.38. The lowest BCUT2D eigenvalue weighted by Gasteiger charge is -2.18. The number of benzene rings is 2. The molecule has 1 aliphatic rings. The molecule has 5 rings (SSSR count). The highest BCUT2D eigenvalue weighted by atomic mass is 16.5. The van der Waals surface area contributed by atoms with Crippen molar-refractivity contribution in [3.63, 3.8) is 0 Å². The summed E-state index contributed by atoms with van der Waals surface area (Å²) in [4.78, 5) is 17.9. The molecule has 0 fully saturated rings. The zero-order chi connectivity index (χ0) is 21.4. The molecular formula is C25H19N3O3. The average Bonchev–Trinajstić information content (AvgIpc) is 3.20. The molecular weight excluding hydrogens is 390 g/mol. The summed E-state index contributed by atoms with van der Waals surface area (Å²) < 4.78 is 6.59. The number of aliphatic hydroxyl groups is 1. The van der Waals surface area contributed by atoms with E-state index < -0.39 is 0 Å². The molecule has 0 amide bonds. The Balaban J connectivity index is 1.69. The zero-order valence-electron chi connectivity index (χ0n) is 16.8. The maximum atomic E-state index is 13.4. The molecule has 3 heterocycles. The standard InChI is InChI=1S/C25H19N3O3/c1-31-18-12-10-17(11-13-18)23-21(29)15-20-22(16-7-3-2-4-8-16)24(27-28(20)25(23)30)19-9-5-6-14-26-19/h2-14,29H,15H2,1H3. The van der Waals surface area contributed by atoms with Crippen LogP contribution >= 0.6 is 0 Å². The molecule has 1 N–H and O–H groups in total. The van der Waals surface area contributed by atoms with Gasteiger partial charge in [0.15, 0.2) is 0 Å². The van der Waals surface area contributed by atoms with Crippen molar-refractivity contribution in [1.29, 1.82) is 0 Å². The summed E-state index contributed by atoms with van der Waals surface area (Å²) in [5, 5.41) is 15.5. The van der Waals surface area contributed by atoms with Crippen LogP contribution in [-0.4, -0.2) is 32.9 Å². The Labute approximate surface area is 179 Å². The Hall–Kier alpha value is -4.19. The molecule has 6 nitrogen and oxygen atoms in total. The number of allylic oxidation sites excluding steroid dienone is 2. The predicted octanol–water partition coefficient (Wildman–Crippen LogP) is 4.79. The van der Waals surface area contributed by atoms with Crippen LogP contribution in [0.2, 0.25) is 0 Å². The van der Waals surface area contributed by atoms with Gasteiger partial charge in [0.05, 0.1) is 24.1 Å². The molecule has 2 aromatic carbocycles. The van der Waals surface area contributed by atoms with Gasteiger partial charge in [-0.1, -0.05) is 48.5 Å². The average molecular weight is 409 g/mol. The van der Waals surface area contributed by atoms with Crippen LogP contribution in [0.4, 0.5) is 0 Å². The van der Waals surface area contributed by atoms with Crippen molar-refractivity contribution in [3.8, 4) is 28.3 Å². The Bertz CT molecular complexity index is 1290. The molecule has 6 heteroatoms. The number of carbonyl (C=O) groups excluding carboxylic acids is 1. The van der Waals surface area contributed by atoms with E-state index in [9.17, 15) is 9.90 Å². The minimum atomic E-state index is -0.372. The summed E-state index contributed by atoms with van der Waals surface area (Å²) in [6, 6.07) is 22.4. The number of hydrogen-bond acceptors (Lipinski definition) is 5. The van der Waals surface area contributed by atoms with Crippen LogP contribution in [0.15, 0.2) is 84.8 Å². The second-order valence-corrected chi connectivity index (χ2v) is 7.20. The lowest BCUT2D eigenvalue weighted by molar-refractivity contribution is 0.0953. The molecule has 0 radical (unpaired) electrons. The van der Waals surface area contributed by atoms with Crippen molar-refractivity contribution < 1.29 is 14.6 Å². The van der Waals surface area contributed by atoms with E-state index in [-0.39, 0.29) is 23.7 Å². The number of rotatable bonds is 4. The minimum Gasteiger partial charge on any atom is -0.511 e. The Morgan fingerprint density at radius 2 is 1.68 bits per heavy atom. The van der Waals surface area contributed by atoms with Crippen LogP contribution in [0.25, 0.3) is 28.1 Å². The van der Waals surface area contributed by atoms with Gasteiger partial charge in [-0.25, -0.2) is 0 Å². The predicted molar refractivity (Wildman–Crippen MR) is 118 cm³/mol. The molecule has 0 spiro atoms. The quantitative estimate of drug-likeness (QED) is 0.525. The van der Waals surface area contributed by atoms with Crippen LogP contribution in [0.1, 0.15) is 16.1 Å². The number of aliphatic hydroxyl groups excluding tert-OH is 1. The van der Waals surface area contributed by atoms with Crippen molar-refractivity contribution in [1.82, 2.24) is 14.8 Å². The molecule has 0 saturated carbocycles. The summed E-state index contributed by atoms with van der Waals surface area (Å²) in [6.45, 7) is 0. The van der Waals surface area contributed by atoms with Crippen LogP contribution in [0.5, 0.6) is 5.75 Å². The molecule has 1 aliphatic heterocycles. The largest absolute Gasteiger partial charge is 0.511 e. The minimum absolute atomic E-state index is 0.0207. The topological polar surface area (TPSA) is 77.2 Å². The summed E-state index contributed by atoms with van der Waals surface area (Å²) in [6.07, 6.45) is 1.89. The van der Waals surface area contributed by atoms with Crippen LogP contribution in [-0.2, 0) is 6.42 Å². The molecule has 2 aromatic heterocycles.